The Kier molecular flexibility index (Phi) is 6.81. The average molecular weight is 373 g/mol. The third kappa shape index (κ3) is 5.09. The van der Waals surface area contributed by atoms with Gasteiger partial charge in [0.2, 0.25) is 0 Å². The molecule has 0 aliphatic heterocycles. The highest BCUT2D eigenvalue weighted by Crippen LogP contribution is 2.26. The van der Waals surface area contributed by atoms with Gasteiger partial charge in [-0.1, -0.05) is 17.7 Å². The molecule has 0 saturated carbocycles. The molecule has 0 saturated heterocycles. The summed E-state index contributed by atoms with van der Waals surface area (Å²) in [5, 5.41) is 0.510. The highest BCUT2D eigenvalue weighted by atomic mass is 35.5. The van der Waals surface area contributed by atoms with E-state index in [1.165, 1.54) is 0 Å². The Morgan fingerprint density at radius 3 is 2.58 bits per heavy atom. The summed E-state index contributed by atoms with van der Waals surface area (Å²) < 4.78 is 5.61. The second-order valence-electron chi connectivity index (χ2n) is 6.42. The fourth-order valence-corrected chi connectivity index (χ4v) is 2.72. The van der Waals surface area contributed by atoms with E-state index in [9.17, 15) is 4.79 Å². The number of halogens is 1. The van der Waals surface area contributed by atoms with Gasteiger partial charge >= 0.3 is 0 Å². The zero-order valence-corrected chi connectivity index (χ0v) is 16.7. The van der Waals surface area contributed by atoms with Crippen molar-refractivity contribution in [1.29, 1.82) is 0 Å². The number of hydrogen-bond donors (Lipinski definition) is 0. The molecule has 5 heteroatoms. The zero-order valence-electron chi connectivity index (χ0n) is 16.0. The normalized spacial score (nSPS) is 11.0. The number of Topliss-reactive ketones (excluding diaryl/α,β-unsaturated/α-hetero) is 1. The highest BCUT2D eigenvalue weighted by Gasteiger charge is 2.13. The molecule has 138 valence electrons. The van der Waals surface area contributed by atoms with Crippen molar-refractivity contribution in [1.82, 2.24) is 4.90 Å². The van der Waals surface area contributed by atoms with E-state index in [1.807, 2.05) is 57.0 Å². The molecule has 2 aromatic rings. The zero-order chi connectivity index (χ0) is 19.3. The first-order valence-corrected chi connectivity index (χ1v) is 8.97. The average Bonchev–Trinajstić information content (AvgIpc) is 2.60. The largest absolute Gasteiger partial charge is 0.484 e. The number of hydrogen-bond acceptors (Lipinski definition) is 3. The standard InChI is InChI=1S/C21H25ClN2O2/c1-6-24(5)13-23-19-11-15(3)17(10-16(19)4)20(25)12-26-21-8-7-14(2)9-18(21)22/h7-11,13H,6,12H2,1-5H3/b23-13-. The lowest BCUT2D eigenvalue weighted by molar-refractivity contribution is 0.0921. The van der Waals surface area contributed by atoms with Crippen LogP contribution < -0.4 is 4.74 Å². The van der Waals surface area contributed by atoms with Crippen LogP contribution in [0.25, 0.3) is 0 Å². The van der Waals surface area contributed by atoms with E-state index in [0.717, 1.165) is 28.9 Å². The molecule has 0 unspecified atom stereocenters. The number of rotatable bonds is 7. The van der Waals surface area contributed by atoms with Crippen LogP contribution in [0.2, 0.25) is 5.02 Å². The van der Waals surface area contributed by atoms with Gasteiger partial charge in [0.15, 0.2) is 12.4 Å². The quantitative estimate of drug-likeness (QED) is 0.384. The van der Waals surface area contributed by atoms with Crippen LogP contribution >= 0.6 is 11.6 Å². The summed E-state index contributed by atoms with van der Waals surface area (Å²) in [6.45, 7) is 8.71. The summed E-state index contributed by atoms with van der Waals surface area (Å²) in [6, 6.07) is 9.31. The van der Waals surface area contributed by atoms with Crippen LogP contribution in [-0.4, -0.2) is 37.2 Å². The monoisotopic (exact) mass is 372 g/mol. The summed E-state index contributed by atoms with van der Waals surface area (Å²) in [5.41, 5.74) is 4.39. The number of carbonyl (C=O) groups excluding carboxylic acids is 1. The lowest BCUT2D eigenvalue weighted by Gasteiger charge is -2.12. The van der Waals surface area contributed by atoms with Gasteiger partial charge in [0, 0.05) is 19.2 Å². The van der Waals surface area contributed by atoms with Gasteiger partial charge in [-0.15, -0.1) is 0 Å². The van der Waals surface area contributed by atoms with Crippen LogP contribution in [0, 0.1) is 20.8 Å². The SMILES string of the molecule is CCN(C)/C=N\c1cc(C)c(C(=O)COc2ccc(C)cc2Cl)cc1C. The third-order valence-electron chi connectivity index (χ3n) is 4.18. The van der Waals surface area contributed by atoms with E-state index in [0.29, 0.717) is 16.3 Å². The van der Waals surface area contributed by atoms with E-state index in [-0.39, 0.29) is 12.4 Å². The first-order valence-electron chi connectivity index (χ1n) is 8.59. The molecule has 0 heterocycles. The predicted molar refractivity (Wildman–Crippen MR) is 108 cm³/mol. The van der Waals surface area contributed by atoms with Crippen molar-refractivity contribution in [3.8, 4) is 5.75 Å². The van der Waals surface area contributed by atoms with Gasteiger partial charge in [-0.05, 0) is 68.7 Å². The van der Waals surface area contributed by atoms with Crippen LogP contribution in [0.5, 0.6) is 5.75 Å². The number of aliphatic imine (C=N–C) groups is 1. The minimum absolute atomic E-state index is 0.0513. The Hall–Kier alpha value is -2.33. The molecule has 0 aliphatic carbocycles. The van der Waals surface area contributed by atoms with Gasteiger partial charge in [0.1, 0.15) is 5.75 Å². The van der Waals surface area contributed by atoms with E-state index in [4.69, 9.17) is 16.3 Å². The Balaban J connectivity index is 2.13. The number of ether oxygens (including phenoxy) is 1. The van der Waals surface area contributed by atoms with Gasteiger partial charge in [-0.2, -0.15) is 0 Å². The molecule has 0 atom stereocenters. The second kappa shape index (κ2) is 8.86. The highest BCUT2D eigenvalue weighted by molar-refractivity contribution is 6.32. The molecular formula is C21H25ClN2O2. The van der Waals surface area contributed by atoms with Crippen molar-refractivity contribution in [2.45, 2.75) is 27.7 Å². The Bertz CT molecular complexity index is 831. The predicted octanol–water partition coefficient (Wildman–Crippen LogP) is 5.14. The minimum Gasteiger partial charge on any atom is -0.484 e. The van der Waals surface area contributed by atoms with Crippen molar-refractivity contribution in [2.24, 2.45) is 4.99 Å². The fraction of sp³-hybridized carbons (Fsp3) is 0.333. The van der Waals surface area contributed by atoms with Crippen LogP contribution in [0.1, 0.15) is 34.0 Å². The lowest BCUT2D eigenvalue weighted by atomic mass is 10.0. The van der Waals surface area contributed by atoms with E-state index in [2.05, 4.69) is 11.9 Å². The molecule has 2 rings (SSSR count). The first-order chi connectivity index (χ1) is 12.3. The maximum atomic E-state index is 12.6. The maximum Gasteiger partial charge on any atom is 0.200 e. The van der Waals surface area contributed by atoms with Crippen molar-refractivity contribution >= 4 is 29.4 Å². The van der Waals surface area contributed by atoms with Gasteiger partial charge in [0.05, 0.1) is 17.0 Å². The molecule has 0 aliphatic rings. The number of benzene rings is 2. The van der Waals surface area contributed by atoms with Gasteiger partial charge < -0.3 is 9.64 Å². The fourth-order valence-electron chi connectivity index (χ4n) is 2.43. The summed E-state index contributed by atoms with van der Waals surface area (Å²) in [7, 11) is 1.97. The number of nitrogens with zero attached hydrogens (tertiary/aromatic N) is 2. The number of carbonyl (C=O) groups is 1. The summed E-state index contributed by atoms with van der Waals surface area (Å²) in [4.78, 5) is 19.1. The molecule has 0 N–H and O–H groups in total. The maximum absolute atomic E-state index is 12.6. The third-order valence-corrected chi connectivity index (χ3v) is 4.48. The van der Waals surface area contributed by atoms with Crippen LogP contribution in [0.4, 0.5) is 5.69 Å². The molecule has 0 bridgehead atoms. The molecule has 0 radical (unpaired) electrons. The molecule has 0 amide bonds. The Morgan fingerprint density at radius 2 is 1.92 bits per heavy atom. The molecule has 0 spiro atoms. The van der Waals surface area contributed by atoms with E-state index >= 15 is 0 Å². The topological polar surface area (TPSA) is 41.9 Å². The second-order valence-corrected chi connectivity index (χ2v) is 6.82. The smallest absolute Gasteiger partial charge is 0.200 e. The molecule has 4 nitrogen and oxygen atoms in total. The Morgan fingerprint density at radius 1 is 1.19 bits per heavy atom. The summed E-state index contributed by atoms with van der Waals surface area (Å²) in [6.07, 6.45) is 1.80. The molecule has 2 aromatic carbocycles. The van der Waals surface area contributed by atoms with Gasteiger partial charge in [-0.25, -0.2) is 4.99 Å². The van der Waals surface area contributed by atoms with Crippen LogP contribution in [0.15, 0.2) is 35.3 Å². The first kappa shape index (κ1) is 20.0. The summed E-state index contributed by atoms with van der Waals surface area (Å²) in [5.74, 6) is 0.437. The number of aryl methyl sites for hydroxylation is 3. The molecule has 26 heavy (non-hydrogen) atoms. The van der Waals surface area contributed by atoms with Crippen LogP contribution in [-0.2, 0) is 0 Å². The van der Waals surface area contributed by atoms with E-state index < -0.39 is 0 Å². The summed E-state index contributed by atoms with van der Waals surface area (Å²) >= 11 is 6.15. The van der Waals surface area contributed by atoms with Crippen molar-refractivity contribution in [2.75, 3.05) is 20.2 Å². The molecule has 0 aromatic heterocycles. The lowest BCUT2D eigenvalue weighted by Crippen LogP contribution is -2.14. The van der Waals surface area contributed by atoms with Gasteiger partial charge in [-0.3, -0.25) is 4.79 Å². The van der Waals surface area contributed by atoms with Crippen LogP contribution in [0.3, 0.4) is 0 Å². The molecular weight excluding hydrogens is 348 g/mol. The molecule has 0 fully saturated rings. The number of ketones is 1. The Labute approximate surface area is 160 Å². The van der Waals surface area contributed by atoms with Crippen molar-refractivity contribution in [3.05, 3.63) is 57.6 Å². The van der Waals surface area contributed by atoms with E-state index in [1.54, 1.807) is 12.4 Å². The van der Waals surface area contributed by atoms with Crippen molar-refractivity contribution in [3.63, 3.8) is 0 Å². The minimum atomic E-state index is -0.0801. The van der Waals surface area contributed by atoms with Crippen molar-refractivity contribution < 1.29 is 9.53 Å². The van der Waals surface area contributed by atoms with Gasteiger partial charge in [0.25, 0.3) is 0 Å².